The number of hydrogen-bond donors (Lipinski definition) is 0. The van der Waals surface area contributed by atoms with E-state index in [4.69, 9.17) is 0 Å². The lowest BCUT2D eigenvalue weighted by molar-refractivity contribution is -0.396. The first-order chi connectivity index (χ1) is 10.3. The first-order valence-corrected chi connectivity index (χ1v) is 7.77. The van der Waals surface area contributed by atoms with Gasteiger partial charge < -0.3 is 10.1 Å². The van der Waals surface area contributed by atoms with E-state index in [9.17, 15) is 18.5 Å². The maximum absolute atomic E-state index is 11.6. The number of fused-ring (bicyclic) bond motifs is 1. The zero-order valence-corrected chi connectivity index (χ0v) is 12.2. The molecule has 0 aliphatic rings. The zero-order valence-electron chi connectivity index (χ0n) is 11.4. The van der Waals surface area contributed by atoms with Crippen molar-refractivity contribution in [3.63, 3.8) is 0 Å². The van der Waals surface area contributed by atoms with Crippen molar-refractivity contribution in [3.8, 4) is 11.5 Å². The molecule has 3 heterocycles. The molecule has 11 nitrogen and oxygen atoms in total. The van der Waals surface area contributed by atoms with Crippen LogP contribution in [0.15, 0.2) is 23.4 Å². The Hall–Kier alpha value is -2.89. The van der Waals surface area contributed by atoms with Gasteiger partial charge in [0.1, 0.15) is 6.20 Å². The Bertz CT molecular complexity index is 1000. The number of sulfone groups is 1. The summed E-state index contributed by atoms with van der Waals surface area (Å²) in [6.45, 7) is 0. The molecule has 3 rings (SSSR count). The summed E-state index contributed by atoms with van der Waals surface area (Å²) in [6.07, 6.45) is 2.28. The van der Waals surface area contributed by atoms with E-state index in [-0.39, 0.29) is 22.5 Å². The van der Waals surface area contributed by atoms with Crippen molar-refractivity contribution >= 4 is 21.4 Å². The van der Waals surface area contributed by atoms with Crippen LogP contribution in [0.25, 0.3) is 17.2 Å². The fourth-order valence-electron chi connectivity index (χ4n) is 1.91. The molecule has 0 saturated heterocycles. The highest BCUT2D eigenvalue weighted by molar-refractivity contribution is 7.90. The topological polar surface area (TPSA) is 138 Å². The Morgan fingerprint density at radius 2 is 2.00 bits per heavy atom. The minimum absolute atomic E-state index is 0.155. The van der Waals surface area contributed by atoms with Gasteiger partial charge in [0.05, 0.1) is 7.05 Å². The smallest absolute Gasteiger partial charge is 0.390 e. The molecule has 0 amide bonds. The highest BCUT2D eigenvalue weighted by Crippen LogP contribution is 2.21. The van der Waals surface area contributed by atoms with Crippen LogP contribution in [0.5, 0.6) is 0 Å². The van der Waals surface area contributed by atoms with Gasteiger partial charge in [-0.1, -0.05) is 4.98 Å². The van der Waals surface area contributed by atoms with Gasteiger partial charge in [0, 0.05) is 6.26 Å². The molecule has 3 aromatic heterocycles. The second-order valence-corrected chi connectivity index (χ2v) is 6.46. The molecular weight excluding hydrogens is 314 g/mol. The van der Waals surface area contributed by atoms with E-state index in [0.29, 0.717) is 5.65 Å². The third-order valence-corrected chi connectivity index (χ3v) is 3.95. The van der Waals surface area contributed by atoms with Gasteiger partial charge in [-0.15, -0.1) is 10.2 Å². The van der Waals surface area contributed by atoms with Crippen LogP contribution in [0.2, 0.25) is 0 Å². The van der Waals surface area contributed by atoms with Crippen molar-refractivity contribution in [2.24, 2.45) is 7.05 Å². The van der Waals surface area contributed by atoms with Gasteiger partial charge in [-0.25, -0.2) is 13.0 Å². The molecule has 0 bridgehead atoms. The zero-order chi connectivity index (χ0) is 16.1. The summed E-state index contributed by atoms with van der Waals surface area (Å²) in [4.78, 5) is 13.9. The molecule has 114 valence electrons. The van der Waals surface area contributed by atoms with Crippen molar-refractivity contribution < 1.29 is 13.3 Å². The number of imidazole rings is 1. The average molecular weight is 323 g/mol. The van der Waals surface area contributed by atoms with Crippen molar-refractivity contribution in [1.82, 2.24) is 29.4 Å². The second kappa shape index (κ2) is 4.56. The van der Waals surface area contributed by atoms with Gasteiger partial charge in [-0.2, -0.15) is 9.61 Å². The molecule has 0 unspecified atom stereocenters. The van der Waals surface area contributed by atoms with Crippen molar-refractivity contribution in [1.29, 1.82) is 0 Å². The largest absolute Gasteiger partial charge is 0.434 e. The van der Waals surface area contributed by atoms with Gasteiger partial charge in [-0.05, 0) is 17.1 Å². The fourth-order valence-corrected chi connectivity index (χ4v) is 2.45. The molecule has 0 atom stereocenters. The molecule has 0 aliphatic heterocycles. The molecule has 0 aliphatic carbocycles. The molecule has 0 radical (unpaired) electrons. The predicted octanol–water partition coefficient (Wildman–Crippen LogP) is -0.164. The van der Waals surface area contributed by atoms with Crippen LogP contribution in [-0.4, -0.2) is 49.0 Å². The monoisotopic (exact) mass is 323 g/mol. The Kier molecular flexibility index (Phi) is 2.91. The fraction of sp³-hybridized carbons (Fsp3) is 0.200. The quantitative estimate of drug-likeness (QED) is 0.478. The highest BCUT2D eigenvalue weighted by Gasteiger charge is 2.23. The standard InChI is InChI=1S/C10H9N7O4S/c1-15-6(5-11-10(15)17(18)19)9-13-12-7-3-4-8(14-16(7)9)22(2,20)21/h3-5H,1-2H3. The van der Waals surface area contributed by atoms with Gasteiger partial charge in [-0.3, -0.25) is 0 Å². The summed E-state index contributed by atoms with van der Waals surface area (Å²) >= 11 is 0. The number of rotatable bonds is 3. The van der Waals surface area contributed by atoms with E-state index < -0.39 is 14.8 Å². The third kappa shape index (κ3) is 2.09. The molecule has 22 heavy (non-hydrogen) atoms. The second-order valence-electron chi connectivity index (χ2n) is 4.50. The van der Waals surface area contributed by atoms with E-state index in [1.54, 1.807) is 0 Å². The van der Waals surface area contributed by atoms with E-state index >= 15 is 0 Å². The number of nitro groups is 1. The Balaban J connectivity index is 2.26. The maximum Gasteiger partial charge on any atom is 0.434 e. The first-order valence-electron chi connectivity index (χ1n) is 5.88. The number of hydrogen-bond acceptors (Lipinski definition) is 8. The summed E-state index contributed by atoms with van der Waals surface area (Å²) < 4.78 is 25.6. The third-order valence-electron chi connectivity index (χ3n) is 2.97. The van der Waals surface area contributed by atoms with Crippen LogP contribution < -0.4 is 0 Å². The van der Waals surface area contributed by atoms with E-state index in [1.165, 1.54) is 34.5 Å². The summed E-state index contributed by atoms with van der Waals surface area (Å²) in [5.41, 5.74) is 0.601. The van der Waals surface area contributed by atoms with Crippen LogP contribution >= 0.6 is 0 Å². The van der Waals surface area contributed by atoms with E-state index in [2.05, 4.69) is 20.3 Å². The van der Waals surface area contributed by atoms with Crippen LogP contribution in [-0.2, 0) is 16.9 Å². The van der Waals surface area contributed by atoms with Crippen LogP contribution in [0.1, 0.15) is 0 Å². The lowest BCUT2D eigenvalue weighted by Crippen LogP contribution is -2.06. The molecule has 0 aromatic carbocycles. The van der Waals surface area contributed by atoms with Gasteiger partial charge >= 0.3 is 5.95 Å². The van der Waals surface area contributed by atoms with E-state index in [0.717, 1.165) is 6.26 Å². The van der Waals surface area contributed by atoms with Gasteiger partial charge in [0.15, 0.2) is 26.2 Å². The van der Waals surface area contributed by atoms with E-state index in [1.807, 2.05) is 0 Å². The Morgan fingerprint density at radius 1 is 1.27 bits per heavy atom. The molecule has 3 aromatic rings. The van der Waals surface area contributed by atoms with Gasteiger partial charge in [0.25, 0.3) is 0 Å². The molecule has 0 fully saturated rings. The minimum Gasteiger partial charge on any atom is -0.390 e. The SMILES string of the molecule is Cn1c(-c2nnc3ccc(S(C)(=O)=O)nn23)cnc1[N+](=O)[O-]. The van der Waals surface area contributed by atoms with Crippen molar-refractivity contribution in [3.05, 3.63) is 28.4 Å². The minimum atomic E-state index is -3.51. The van der Waals surface area contributed by atoms with Crippen LogP contribution in [0.4, 0.5) is 5.95 Å². The Labute approximate surface area is 123 Å². The van der Waals surface area contributed by atoms with Crippen LogP contribution in [0.3, 0.4) is 0 Å². The molecule has 0 N–H and O–H groups in total. The highest BCUT2D eigenvalue weighted by atomic mass is 32.2. The summed E-state index contributed by atoms with van der Waals surface area (Å²) in [6, 6.07) is 2.76. The number of nitrogens with zero attached hydrogens (tertiary/aromatic N) is 7. The summed E-state index contributed by atoms with van der Waals surface area (Å²) in [7, 11) is -2.06. The molecular formula is C10H9N7O4S. The average Bonchev–Trinajstić information content (AvgIpc) is 3.00. The molecule has 0 saturated carbocycles. The van der Waals surface area contributed by atoms with Crippen molar-refractivity contribution in [2.45, 2.75) is 5.03 Å². The van der Waals surface area contributed by atoms with Gasteiger partial charge in [0.2, 0.25) is 5.82 Å². The normalized spacial score (nSPS) is 11.9. The lowest BCUT2D eigenvalue weighted by atomic mass is 10.4. The molecule has 12 heteroatoms. The number of aromatic nitrogens is 6. The van der Waals surface area contributed by atoms with Crippen LogP contribution in [0, 0.1) is 10.1 Å². The molecule has 0 spiro atoms. The lowest BCUT2D eigenvalue weighted by Gasteiger charge is -2.00. The predicted molar refractivity (Wildman–Crippen MR) is 72.7 cm³/mol. The maximum atomic E-state index is 11.6. The first kappa shape index (κ1) is 14.1. The summed E-state index contributed by atoms with van der Waals surface area (Å²) in [5.74, 6) is -0.213. The van der Waals surface area contributed by atoms with Crippen molar-refractivity contribution in [2.75, 3.05) is 6.26 Å². The summed E-state index contributed by atoms with van der Waals surface area (Å²) in [5, 5.41) is 22.4. The Morgan fingerprint density at radius 3 is 2.59 bits per heavy atom.